The van der Waals surface area contributed by atoms with Crippen molar-refractivity contribution in [3.05, 3.63) is 83.9 Å². The lowest BCUT2D eigenvalue weighted by molar-refractivity contribution is -0.128. The number of ether oxygens (including phenoxy) is 2. The molecule has 2 unspecified atom stereocenters. The molecule has 0 saturated carbocycles. The van der Waals surface area contributed by atoms with Crippen LogP contribution in [0.1, 0.15) is 44.9 Å². The Hall–Kier alpha value is -3.52. The van der Waals surface area contributed by atoms with Crippen LogP contribution in [-0.4, -0.2) is 34.1 Å². The second-order valence-electron chi connectivity index (χ2n) is 9.86. The van der Waals surface area contributed by atoms with Crippen LogP contribution in [0.25, 0.3) is 0 Å². The Labute approximate surface area is 213 Å². The number of rotatable bonds is 6. The summed E-state index contributed by atoms with van der Waals surface area (Å²) in [6.07, 6.45) is -1.03. The second-order valence-corrected chi connectivity index (χ2v) is 11.7. The number of methoxy groups -OCH3 is 1. The van der Waals surface area contributed by atoms with Crippen molar-refractivity contribution in [1.82, 2.24) is 5.32 Å². The molecule has 1 amide bonds. The van der Waals surface area contributed by atoms with Crippen molar-refractivity contribution in [1.29, 1.82) is 0 Å². The molecule has 0 aliphatic carbocycles. The van der Waals surface area contributed by atoms with Crippen molar-refractivity contribution in [2.24, 2.45) is 0 Å². The highest BCUT2D eigenvalue weighted by Gasteiger charge is 2.38. The van der Waals surface area contributed by atoms with Crippen molar-refractivity contribution in [3.63, 3.8) is 0 Å². The Morgan fingerprint density at radius 3 is 2.39 bits per heavy atom. The molecule has 0 bridgehead atoms. The monoisotopic (exact) mass is 508 g/mol. The van der Waals surface area contributed by atoms with Gasteiger partial charge in [0.1, 0.15) is 11.5 Å². The largest absolute Gasteiger partial charge is 0.496 e. The Balaban J connectivity index is 1.69. The number of benzene rings is 3. The van der Waals surface area contributed by atoms with Gasteiger partial charge in [-0.1, -0.05) is 63.2 Å². The number of fused-ring (bicyclic) bond motifs is 1. The van der Waals surface area contributed by atoms with Gasteiger partial charge in [0.15, 0.2) is 6.10 Å². The maximum atomic E-state index is 13.7. The van der Waals surface area contributed by atoms with Crippen LogP contribution in [0.3, 0.4) is 0 Å². The van der Waals surface area contributed by atoms with E-state index in [-0.39, 0.29) is 22.9 Å². The van der Waals surface area contributed by atoms with E-state index in [1.807, 2.05) is 43.3 Å². The van der Waals surface area contributed by atoms with Gasteiger partial charge in [0.2, 0.25) is 0 Å². The molecule has 2 atom stereocenters. The standard InChI is InChI=1S/C28H32N2O5S/c1-19(22-13-9-10-14-24(22)34-5)29-27(31)26-18-30(36(32,33)21-11-7-6-8-12-21)23-17-20(28(2,3)4)15-16-25(23)35-26/h6-17,19,26H,18H2,1-5H3,(H,29,31). The average molecular weight is 509 g/mol. The van der Waals surface area contributed by atoms with E-state index < -0.39 is 22.0 Å². The summed E-state index contributed by atoms with van der Waals surface area (Å²) in [5, 5.41) is 2.95. The van der Waals surface area contributed by atoms with E-state index in [1.165, 1.54) is 4.31 Å². The van der Waals surface area contributed by atoms with Gasteiger partial charge in [-0.25, -0.2) is 8.42 Å². The first-order chi connectivity index (χ1) is 17.0. The van der Waals surface area contributed by atoms with Gasteiger partial charge in [-0.3, -0.25) is 9.10 Å². The molecule has 1 aliphatic rings. The first kappa shape index (κ1) is 25.6. The smallest absolute Gasteiger partial charge is 0.264 e. The van der Waals surface area contributed by atoms with E-state index in [1.54, 1.807) is 43.5 Å². The van der Waals surface area contributed by atoms with Gasteiger partial charge in [-0.05, 0) is 48.2 Å². The molecular formula is C28H32N2O5S. The first-order valence-electron chi connectivity index (χ1n) is 11.8. The van der Waals surface area contributed by atoms with Crippen LogP contribution >= 0.6 is 0 Å². The van der Waals surface area contributed by atoms with Gasteiger partial charge in [-0.15, -0.1) is 0 Å². The van der Waals surface area contributed by atoms with E-state index in [0.29, 0.717) is 17.2 Å². The van der Waals surface area contributed by atoms with E-state index in [0.717, 1.165) is 11.1 Å². The molecular weight excluding hydrogens is 476 g/mol. The third kappa shape index (κ3) is 5.04. The normalized spacial score (nSPS) is 16.5. The zero-order chi connectivity index (χ0) is 26.1. The summed E-state index contributed by atoms with van der Waals surface area (Å²) in [4.78, 5) is 13.5. The van der Waals surface area contributed by atoms with Crippen LogP contribution in [0.4, 0.5) is 5.69 Å². The summed E-state index contributed by atoms with van der Waals surface area (Å²) in [7, 11) is -2.37. The number of nitrogens with zero attached hydrogens (tertiary/aromatic N) is 1. The molecule has 0 spiro atoms. The lowest BCUT2D eigenvalue weighted by Crippen LogP contribution is -2.51. The molecule has 0 saturated heterocycles. The zero-order valence-electron chi connectivity index (χ0n) is 21.2. The van der Waals surface area contributed by atoms with Gasteiger partial charge in [-0.2, -0.15) is 0 Å². The molecule has 190 valence electrons. The Bertz CT molecular complexity index is 1350. The number of para-hydroxylation sites is 1. The molecule has 1 N–H and O–H groups in total. The molecule has 0 aromatic heterocycles. The minimum atomic E-state index is -3.94. The summed E-state index contributed by atoms with van der Waals surface area (Å²) in [6.45, 7) is 7.88. The molecule has 3 aromatic carbocycles. The van der Waals surface area contributed by atoms with E-state index in [2.05, 4.69) is 26.1 Å². The van der Waals surface area contributed by atoms with Crippen LogP contribution in [-0.2, 0) is 20.2 Å². The average Bonchev–Trinajstić information content (AvgIpc) is 2.87. The fraction of sp³-hybridized carbons (Fsp3) is 0.321. The predicted molar refractivity (Wildman–Crippen MR) is 140 cm³/mol. The molecule has 0 fully saturated rings. The fourth-order valence-electron chi connectivity index (χ4n) is 4.21. The lowest BCUT2D eigenvalue weighted by atomic mass is 9.86. The number of carbonyl (C=O) groups is 1. The SMILES string of the molecule is COc1ccccc1C(C)NC(=O)C1CN(S(=O)(=O)c2ccccc2)c2cc(C(C)(C)C)ccc2O1. The molecule has 3 aromatic rings. The van der Waals surface area contributed by atoms with Gasteiger partial charge in [0.05, 0.1) is 30.3 Å². The Morgan fingerprint density at radius 2 is 1.72 bits per heavy atom. The highest BCUT2D eigenvalue weighted by atomic mass is 32.2. The summed E-state index contributed by atoms with van der Waals surface area (Å²) < 4.78 is 40.2. The maximum Gasteiger partial charge on any atom is 0.264 e. The quantitative estimate of drug-likeness (QED) is 0.516. The van der Waals surface area contributed by atoms with E-state index in [4.69, 9.17) is 9.47 Å². The topological polar surface area (TPSA) is 84.9 Å². The van der Waals surface area contributed by atoms with Crippen molar-refractivity contribution in [3.8, 4) is 11.5 Å². The molecule has 7 nitrogen and oxygen atoms in total. The van der Waals surface area contributed by atoms with Crippen LogP contribution in [0.15, 0.2) is 77.7 Å². The zero-order valence-corrected chi connectivity index (χ0v) is 22.0. The minimum Gasteiger partial charge on any atom is -0.496 e. The van der Waals surface area contributed by atoms with E-state index in [9.17, 15) is 13.2 Å². The van der Waals surface area contributed by atoms with Crippen molar-refractivity contribution in [2.45, 2.75) is 50.2 Å². The first-order valence-corrected chi connectivity index (χ1v) is 13.3. The molecule has 0 radical (unpaired) electrons. The number of carbonyl (C=O) groups excluding carboxylic acids is 1. The van der Waals surface area contributed by atoms with E-state index >= 15 is 0 Å². The van der Waals surface area contributed by atoms with Crippen molar-refractivity contribution < 1.29 is 22.7 Å². The second kappa shape index (κ2) is 9.85. The molecule has 36 heavy (non-hydrogen) atoms. The Kier molecular flexibility index (Phi) is 7.00. The third-order valence-electron chi connectivity index (χ3n) is 6.28. The highest BCUT2D eigenvalue weighted by Crippen LogP contribution is 2.40. The number of amides is 1. The number of nitrogens with one attached hydrogen (secondary N) is 1. The van der Waals surface area contributed by atoms with Crippen LogP contribution in [0.2, 0.25) is 0 Å². The molecule has 1 aliphatic heterocycles. The summed E-state index contributed by atoms with van der Waals surface area (Å²) in [5.41, 5.74) is 2.00. The van der Waals surface area contributed by atoms with Gasteiger partial charge < -0.3 is 14.8 Å². The number of sulfonamides is 1. The van der Waals surface area contributed by atoms with Gasteiger partial charge >= 0.3 is 0 Å². The summed E-state index contributed by atoms with van der Waals surface area (Å²) >= 11 is 0. The van der Waals surface area contributed by atoms with Gasteiger partial charge in [0.25, 0.3) is 15.9 Å². The lowest BCUT2D eigenvalue weighted by Gasteiger charge is -2.36. The number of anilines is 1. The fourth-order valence-corrected chi connectivity index (χ4v) is 5.70. The van der Waals surface area contributed by atoms with Crippen LogP contribution in [0.5, 0.6) is 11.5 Å². The van der Waals surface area contributed by atoms with Crippen molar-refractivity contribution in [2.75, 3.05) is 18.0 Å². The summed E-state index contributed by atoms with van der Waals surface area (Å²) in [6, 6.07) is 20.8. The van der Waals surface area contributed by atoms with Crippen molar-refractivity contribution >= 4 is 21.6 Å². The number of hydrogen-bond donors (Lipinski definition) is 1. The molecule has 4 rings (SSSR count). The summed E-state index contributed by atoms with van der Waals surface area (Å²) in [5.74, 6) is 0.592. The molecule has 1 heterocycles. The van der Waals surface area contributed by atoms with Crippen LogP contribution in [0, 0.1) is 0 Å². The Morgan fingerprint density at radius 1 is 1.06 bits per heavy atom. The minimum absolute atomic E-state index is 0.150. The van der Waals surface area contributed by atoms with Gasteiger partial charge in [0, 0.05) is 5.56 Å². The molecule has 8 heteroatoms. The van der Waals surface area contributed by atoms with Crippen LogP contribution < -0.4 is 19.1 Å². The highest BCUT2D eigenvalue weighted by molar-refractivity contribution is 7.92. The predicted octanol–water partition coefficient (Wildman–Crippen LogP) is 4.83. The maximum absolute atomic E-state index is 13.7. The third-order valence-corrected chi connectivity index (χ3v) is 8.08. The number of hydrogen-bond acceptors (Lipinski definition) is 5.